The number of para-hydroxylation sites is 1. The van der Waals surface area contributed by atoms with E-state index in [1.165, 1.54) is 7.11 Å². The molecule has 1 N–H and O–H groups in total. The van der Waals surface area contributed by atoms with Gasteiger partial charge in [-0.15, -0.1) is 0 Å². The smallest absolute Gasteiger partial charge is 0.341 e. The molecule has 0 fully saturated rings. The molecule has 1 aromatic heterocycles. The number of hydrogen-bond donors (Lipinski definition) is 1. The van der Waals surface area contributed by atoms with Crippen LogP contribution in [-0.4, -0.2) is 18.1 Å². The quantitative estimate of drug-likeness (QED) is 0.714. The van der Waals surface area contributed by atoms with Gasteiger partial charge in [-0.1, -0.05) is 18.2 Å². The molecule has 0 unspecified atom stereocenters. The number of nitrogens with zero attached hydrogens (tertiary/aromatic N) is 1. The maximum absolute atomic E-state index is 11.5. The number of carbonyl (C=O) groups excluding carboxylic acids is 1. The Morgan fingerprint density at radius 1 is 1.47 bits per heavy atom. The minimum Gasteiger partial charge on any atom is -0.465 e. The van der Waals surface area contributed by atoms with Gasteiger partial charge in [0.25, 0.3) is 0 Å². The zero-order valence-corrected chi connectivity index (χ0v) is 8.07. The molecule has 15 heavy (non-hydrogen) atoms. The lowest BCUT2D eigenvalue weighted by Gasteiger charge is -1.96. The number of esters is 1. The second-order valence-electron chi connectivity index (χ2n) is 3.02. The predicted molar refractivity (Wildman–Crippen MR) is 54.4 cm³/mol. The zero-order valence-electron chi connectivity index (χ0n) is 8.07. The summed E-state index contributed by atoms with van der Waals surface area (Å²) in [5.74, 6) is -0.496. The van der Waals surface area contributed by atoms with E-state index >= 15 is 0 Å². The van der Waals surface area contributed by atoms with Crippen molar-refractivity contribution in [3.05, 3.63) is 35.5 Å². The average Bonchev–Trinajstić information content (AvgIpc) is 2.66. The van der Waals surface area contributed by atoms with Crippen LogP contribution in [-0.2, 0) is 4.74 Å². The molecule has 2 rings (SSSR count). The minimum absolute atomic E-state index is 0.239. The van der Waals surface area contributed by atoms with Crippen molar-refractivity contribution in [2.75, 3.05) is 7.11 Å². The van der Waals surface area contributed by atoms with E-state index in [-0.39, 0.29) is 5.69 Å². The summed E-state index contributed by atoms with van der Waals surface area (Å²) in [7, 11) is 1.30. The molecule has 0 radical (unpaired) electrons. The third-order valence-electron chi connectivity index (χ3n) is 2.21. The number of carbonyl (C=O) groups is 1. The average molecular weight is 200 g/mol. The molecule has 0 aliphatic carbocycles. The monoisotopic (exact) mass is 200 g/mol. The van der Waals surface area contributed by atoms with E-state index in [0.717, 1.165) is 5.52 Å². The number of nitrogens with one attached hydrogen (secondary N) is 1. The Morgan fingerprint density at radius 2 is 2.20 bits per heavy atom. The van der Waals surface area contributed by atoms with E-state index in [1.54, 1.807) is 6.07 Å². The molecule has 2 aromatic rings. The maximum Gasteiger partial charge on any atom is 0.341 e. The van der Waals surface area contributed by atoms with Crippen molar-refractivity contribution in [1.29, 1.82) is 5.26 Å². The molecule has 0 bridgehead atoms. The summed E-state index contributed by atoms with van der Waals surface area (Å²) in [5, 5.41) is 9.58. The second kappa shape index (κ2) is 3.46. The minimum atomic E-state index is -0.496. The van der Waals surface area contributed by atoms with Gasteiger partial charge in [0, 0.05) is 10.9 Å². The zero-order chi connectivity index (χ0) is 10.8. The summed E-state index contributed by atoms with van der Waals surface area (Å²) in [4.78, 5) is 14.3. The van der Waals surface area contributed by atoms with Crippen molar-refractivity contribution in [1.82, 2.24) is 4.98 Å². The van der Waals surface area contributed by atoms with Gasteiger partial charge in [-0.2, -0.15) is 5.26 Å². The molecule has 4 heteroatoms. The molecule has 74 valence electrons. The molecule has 1 aromatic carbocycles. The standard InChI is InChI=1S/C11H8N2O2/c1-15-11(14)10-7-4-2-3-5-8(7)13-9(10)6-12/h2-5,13H,1H3. The number of ether oxygens (including phenoxy) is 1. The van der Waals surface area contributed by atoms with Crippen molar-refractivity contribution in [2.24, 2.45) is 0 Å². The van der Waals surface area contributed by atoms with Crippen LogP contribution in [0.25, 0.3) is 10.9 Å². The van der Waals surface area contributed by atoms with Crippen LogP contribution < -0.4 is 0 Å². The topological polar surface area (TPSA) is 65.9 Å². The van der Waals surface area contributed by atoms with Gasteiger partial charge in [0.2, 0.25) is 0 Å². The van der Waals surface area contributed by atoms with Crippen LogP contribution in [0.3, 0.4) is 0 Å². The lowest BCUT2D eigenvalue weighted by atomic mass is 10.1. The normalized spacial score (nSPS) is 9.87. The summed E-state index contributed by atoms with van der Waals surface area (Å²) in [5.41, 5.74) is 1.30. The van der Waals surface area contributed by atoms with Crippen LogP contribution in [0.4, 0.5) is 0 Å². The molecule has 0 saturated heterocycles. The second-order valence-corrected chi connectivity index (χ2v) is 3.02. The maximum atomic E-state index is 11.5. The Bertz CT molecular complexity index is 563. The van der Waals surface area contributed by atoms with Crippen LogP contribution in [0, 0.1) is 11.3 Å². The molecule has 0 spiro atoms. The fraction of sp³-hybridized carbons (Fsp3) is 0.0909. The Labute approximate surface area is 86.1 Å². The molecule has 1 heterocycles. The van der Waals surface area contributed by atoms with Gasteiger partial charge in [0.15, 0.2) is 0 Å². The fourth-order valence-electron chi connectivity index (χ4n) is 1.54. The van der Waals surface area contributed by atoms with E-state index < -0.39 is 5.97 Å². The summed E-state index contributed by atoms with van der Waals surface area (Å²) in [6.07, 6.45) is 0. The van der Waals surface area contributed by atoms with Crippen molar-refractivity contribution in [3.8, 4) is 6.07 Å². The molecular weight excluding hydrogens is 192 g/mol. The third kappa shape index (κ3) is 1.34. The molecular formula is C11H8N2O2. The van der Waals surface area contributed by atoms with Gasteiger partial charge in [-0.05, 0) is 6.07 Å². The van der Waals surface area contributed by atoms with Gasteiger partial charge >= 0.3 is 5.97 Å². The highest BCUT2D eigenvalue weighted by Crippen LogP contribution is 2.22. The highest BCUT2D eigenvalue weighted by atomic mass is 16.5. The SMILES string of the molecule is COC(=O)c1c(C#N)[nH]c2ccccc12. The lowest BCUT2D eigenvalue weighted by molar-refractivity contribution is 0.0602. The van der Waals surface area contributed by atoms with Gasteiger partial charge in [0.05, 0.1) is 7.11 Å². The fourth-order valence-corrected chi connectivity index (χ4v) is 1.54. The van der Waals surface area contributed by atoms with Crippen LogP contribution in [0.5, 0.6) is 0 Å². The molecule has 0 atom stereocenters. The summed E-state index contributed by atoms with van der Waals surface area (Å²) in [6, 6.07) is 9.17. The third-order valence-corrected chi connectivity index (χ3v) is 2.21. The first-order chi connectivity index (χ1) is 7.27. The predicted octanol–water partition coefficient (Wildman–Crippen LogP) is 1.83. The number of fused-ring (bicyclic) bond motifs is 1. The first kappa shape index (κ1) is 9.28. The Kier molecular flexibility index (Phi) is 2.14. The van der Waals surface area contributed by atoms with Crippen molar-refractivity contribution >= 4 is 16.9 Å². The Hall–Kier alpha value is -2.28. The highest BCUT2D eigenvalue weighted by molar-refractivity contribution is 6.06. The number of rotatable bonds is 1. The number of H-pyrrole nitrogens is 1. The van der Waals surface area contributed by atoms with Crippen molar-refractivity contribution in [3.63, 3.8) is 0 Å². The van der Waals surface area contributed by atoms with Gasteiger partial charge < -0.3 is 9.72 Å². The largest absolute Gasteiger partial charge is 0.465 e. The van der Waals surface area contributed by atoms with E-state index in [4.69, 9.17) is 5.26 Å². The van der Waals surface area contributed by atoms with Gasteiger partial charge in [-0.3, -0.25) is 0 Å². The number of methoxy groups -OCH3 is 1. The number of nitriles is 1. The molecule has 4 nitrogen and oxygen atoms in total. The van der Waals surface area contributed by atoms with Crippen LogP contribution in [0.2, 0.25) is 0 Å². The molecule has 0 saturated carbocycles. The van der Waals surface area contributed by atoms with E-state index in [9.17, 15) is 4.79 Å². The Balaban J connectivity index is 2.79. The first-order valence-electron chi connectivity index (χ1n) is 4.37. The summed E-state index contributed by atoms with van der Waals surface area (Å²) < 4.78 is 4.64. The number of benzene rings is 1. The summed E-state index contributed by atoms with van der Waals surface area (Å²) >= 11 is 0. The van der Waals surface area contributed by atoms with Crippen LogP contribution in [0.15, 0.2) is 24.3 Å². The Morgan fingerprint density at radius 3 is 2.87 bits per heavy atom. The van der Waals surface area contributed by atoms with Crippen molar-refractivity contribution in [2.45, 2.75) is 0 Å². The lowest BCUT2D eigenvalue weighted by Crippen LogP contribution is -2.02. The molecule has 0 amide bonds. The van der Waals surface area contributed by atoms with Crippen molar-refractivity contribution < 1.29 is 9.53 Å². The molecule has 0 aliphatic heterocycles. The molecule has 0 aliphatic rings. The van der Waals surface area contributed by atoms with Gasteiger partial charge in [-0.25, -0.2) is 4.79 Å². The highest BCUT2D eigenvalue weighted by Gasteiger charge is 2.18. The number of hydrogen-bond acceptors (Lipinski definition) is 3. The first-order valence-corrected chi connectivity index (χ1v) is 4.37. The van der Waals surface area contributed by atoms with E-state index in [1.807, 2.05) is 24.3 Å². The van der Waals surface area contributed by atoms with Gasteiger partial charge in [0.1, 0.15) is 17.3 Å². The van der Waals surface area contributed by atoms with Crippen LogP contribution >= 0.6 is 0 Å². The van der Waals surface area contributed by atoms with E-state index in [2.05, 4.69) is 9.72 Å². The summed E-state index contributed by atoms with van der Waals surface area (Å²) in [6.45, 7) is 0. The number of aromatic amines is 1. The van der Waals surface area contributed by atoms with Crippen LogP contribution in [0.1, 0.15) is 16.1 Å². The number of aromatic nitrogens is 1. The van der Waals surface area contributed by atoms with E-state index in [0.29, 0.717) is 10.9 Å².